The van der Waals surface area contributed by atoms with E-state index in [0.29, 0.717) is 35.6 Å². The molecule has 5 nitrogen and oxygen atoms in total. The lowest BCUT2D eigenvalue weighted by Gasteiger charge is -2.25. The van der Waals surface area contributed by atoms with Gasteiger partial charge in [0.2, 0.25) is 0 Å². The summed E-state index contributed by atoms with van der Waals surface area (Å²) in [5.41, 5.74) is 0.0674. The number of nitrogens with zero attached hydrogens (tertiary/aromatic N) is 3. The van der Waals surface area contributed by atoms with Crippen molar-refractivity contribution in [1.82, 2.24) is 4.98 Å². The highest BCUT2D eigenvalue weighted by Crippen LogP contribution is 2.51. The van der Waals surface area contributed by atoms with Crippen molar-refractivity contribution in [3.8, 4) is 6.07 Å². The van der Waals surface area contributed by atoms with Gasteiger partial charge in [0, 0.05) is 24.7 Å². The van der Waals surface area contributed by atoms with Crippen molar-refractivity contribution in [2.75, 3.05) is 18.0 Å². The van der Waals surface area contributed by atoms with Gasteiger partial charge in [0.25, 0.3) is 0 Å². The van der Waals surface area contributed by atoms with Crippen LogP contribution in [-0.4, -0.2) is 29.1 Å². The summed E-state index contributed by atoms with van der Waals surface area (Å²) in [5, 5.41) is 20.0. The van der Waals surface area contributed by atoms with Gasteiger partial charge in [0.05, 0.1) is 21.7 Å². The largest absolute Gasteiger partial charge is 0.481 e. The van der Waals surface area contributed by atoms with Crippen molar-refractivity contribution in [3.63, 3.8) is 0 Å². The first-order chi connectivity index (χ1) is 12.0. The number of fused-ring (bicyclic) bond motifs is 2. The van der Waals surface area contributed by atoms with Crippen LogP contribution in [-0.2, 0) is 4.79 Å². The highest BCUT2D eigenvalue weighted by atomic mass is 35.5. The fourth-order valence-electron chi connectivity index (χ4n) is 4.44. The average molecular weight is 360 g/mol. The van der Waals surface area contributed by atoms with Gasteiger partial charge in [-0.15, -0.1) is 0 Å². The van der Waals surface area contributed by atoms with Gasteiger partial charge in [-0.05, 0) is 30.9 Å². The Morgan fingerprint density at radius 3 is 3.00 bits per heavy atom. The molecule has 2 heterocycles. The van der Waals surface area contributed by atoms with E-state index >= 15 is 0 Å². The Kier molecular flexibility index (Phi) is 3.58. The van der Waals surface area contributed by atoms with Crippen LogP contribution in [0.5, 0.6) is 0 Å². The minimum Gasteiger partial charge on any atom is -0.481 e. The highest BCUT2D eigenvalue weighted by Gasteiger charge is 2.55. The van der Waals surface area contributed by atoms with Crippen molar-refractivity contribution in [3.05, 3.63) is 34.7 Å². The lowest BCUT2D eigenvalue weighted by atomic mass is 9.81. The van der Waals surface area contributed by atoms with Gasteiger partial charge in [0.1, 0.15) is 17.4 Å². The molecule has 1 saturated heterocycles. The van der Waals surface area contributed by atoms with Crippen molar-refractivity contribution in [2.45, 2.75) is 19.3 Å². The number of anilines is 1. The molecule has 2 aliphatic rings. The lowest BCUT2D eigenvalue weighted by molar-refractivity contribution is -0.149. The monoisotopic (exact) mass is 359 g/mol. The van der Waals surface area contributed by atoms with E-state index in [4.69, 9.17) is 11.6 Å². The van der Waals surface area contributed by atoms with Crippen LogP contribution in [0.3, 0.4) is 0 Å². The van der Waals surface area contributed by atoms with Crippen LogP contribution < -0.4 is 4.90 Å². The fraction of sp³-hybridized carbons (Fsp3) is 0.389. The van der Waals surface area contributed by atoms with Gasteiger partial charge in [-0.25, -0.2) is 4.39 Å². The summed E-state index contributed by atoms with van der Waals surface area (Å²) in [7, 11) is 0. The first-order valence-electron chi connectivity index (χ1n) is 8.13. The molecule has 1 aliphatic carbocycles. The van der Waals surface area contributed by atoms with Crippen molar-refractivity contribution >= 4 is 34.2 Å². The van der Waals surface area contributed by atoms with E-state index in [-0.39, 0.29) is 17.0 Å². The standard InChI is InChI=1S/C18H15ClFN3O2/c19-12-3-4-13(20)15-14(12)16(10(6-21)7-22-15)23-8-11-2-1-5-18(11,9-23)17(24)25/h3-4,7,11H,1-2,5,8-9H2,(H,24,25)/t11-,18+/m0/s1. The minimum absolute atomic E-state index is 0.0205. The molecule has 0 spiro atoms. The summed E-state index contributed by atoms with van der Waals surface area (Å²) in [5.74, 6) is -1.30. The maximum atomic E-state index is 14.2. The van der Waals surface area contributed by atoms with Gasteiger partial charge in [-0.1, -0.05) is 18.0 Å². The van der Waals surface area contributed by atoms with E-state index in [9.17, 15) is 19.6 Å². The molecule has 0 unspecified atom stereocenters. The van der Waals surface area contributed by atoms with Gasteiger partial charge in [-0.3, -0.25) is 9.78 Å². The number of carboxylic acid groups (broad SMARTS) is 1. The van der Waals surface area contributed by atoms with Crippen molar-refractivity contribution < 1.29 is 14.3 Å². The Labute approximate surface area is 148 Å². The molecule has 25 heavy (non-hydrogen) atoms. The summed E-state index contributed by atoms with van der Waals surface area (Å²) >= 11 is 6.30. The molecule has 1 aliphatic heterocycles. The second kappa shape index (κ2) is 5.57. The molecule has 2 atom stereocenters. The van der Waals surface area contributed by atoms with Gasteiger partial charge in [0.15, 0.2) is 0 Å². The Bertz CT molecular complexity index is 942. The molecule has 128 valence electrons. The van der Waals surface area contributed by atoms with Crippen molar-refractivity contribution in [2.24, 2.45) is 11.3 Å². The molecule has 0 radical (unpaired) electrons. The maximum Gasteiger partial charge on any atom is 0.311 e. The third-order valence-corrected chi connectivity index (χ3v) is 5.94. The molecule has 1 saturated carbocycles. The molecule has 7 heteroatoms. The van der Waals surface area contributed by atoms with Crippen LogP contribution in [0.1, 0.15) is 24.8 Å². The van der Waals surface area contributed by atoms with Crippen LogP contribution in [0, 0.1) is 28.5 Å². The summed E-state index contributed by atoms with van der Waals surface area (Å²) in [4.78, 5) is 17.9. The van der Waals surface area contributed by atoms with E-state index in [2.05, 4.69) is 11.1 Å². The smallest absolute Gasteiger partial charge is 0.311 e. The zero-order chi connectivity index (χ0) is 17.8. The van der Waals surface area contributed by atoms with Gasteiger partial charge < -0.3 is 10.0 Å². The number of pyridine rings is 1. The lowest BCUT2D eigenvalue weighted by Crippen LogP contribution is -2.35. The van der Waals surface area contributed by atoms with Crippen LogP contribution in [0.15, 0.2) is 18.3 Å². The Morgan fingerprint density at radius 1 is 1.52 bits per heavy atom. The number of carboxylic acids is 1. The number of benzene rings is 1. The highest BCUT2D eigenvalue weighted by molar-refractivity contribution is 6.36. The fourth-order valence-corrected chi connectivity index (χ4v) is 4.68. The van der Waals surface area contributed by atoms with E-state index in [0.717, 1.165) is 12.8 Å². The number of hydrogen-bond donors (Lipinski definition) is 1. The van der Waals surface area contributed by atoms with E-state index < -0.39 is 17.2 Å². The minimum atomic E-state index is -0.803. The zero-order valence-corrected chi connectivity index (χ0v) is 14.1. The first kappa shape index (κ1) is 16.1. The second-order valence-corrected chi connectivity index (χ2v) is 7.22. The van der Waals surface area contributed by atoms with E-state index in [1.165, 1.54) is 18.3 Å². The molecule has 1 aromatic heterocycles. The molecule has 2 fully saturated rings. The average Bonchev–Trinajstić information content (AvgIpc) is 3.15. The molecule has 2 aromatic rings. The maximum absolute atomic E-state index is 14.2. The Morgan fingerprint density at radius 2 is 2.32 bits per heavy atom. The number of halogens is 2. The molecular formula is C18H15ClFN3O2. The molecule has 0 bridgehead atoms. The zero-order valence-electron chi connectivity index (χ0n) is 13.3. The molecule has 1 N–H and O–H groups in total. The number of aliphatic carboxylic acids is 1. The summed E-state index contributed by atoms with van der Waals surface area (Å²) in [6.07, 6.45) is 3.69. The van der Waals surface area contributed by atoms with Crippen molar-refractivity contribution in [1.29, 1.82) is 5.26 Å². The normalized spacial score (nSPS) is 25.2. The molecule has 1 aromatic carbocycles. The van der Waals surface area contributed by atoms with E-state index in [1.54, 1.807) is 0 Å². The SMILES string of the molecule is N#Cc1cnc2c(F)ccc(Cl)c2c1N1C[C@@H]2CCC[C@@]2(C(=O)O)C1. The van der Waals surface area contributed by atoms with E-state index in [1.807, 2.05) is 4.90 Å². The predicted octanol–water partition coefficient (Wildman–Crippen LogP) is 3.59. The third-order valence-electron chi connectivity index (χ3n) is 5.63. The Hall–Kier alpha value is -2.39. The quantitative estimate of drug-likeness (QED) is 0.886. The number of hydrogen-bond acceptors (Lipinski definition) is 4. The molecular weight excluding hydrogens is 345 g/mol. The first-order valence-corrected chi connectivity index (χ1v) is 8.51. The summed E-state index contributed by atoms with van der Waals surface area (Å²) in [6.45, 7) is 0.820. The van der Waals surface area contributed by atoms with Crippen LogP contribution in [0.2, 0.25) is 5.02 Å². The third kappa shape index (κ3) is 2.19. The second-order valence-electron chi connectivity index (χ2n) is 6.82. The number of aromatic nitrogens is 1. The Balaban J connectivity index is 1.92. The van der Waals surface area contributed by atoms with Crippen LogP contribution in [0.4, 0.5) is 10.1 Å². The summed E-state index contributed by atoms with van der Waals surface area (Å²) in [6, 6.07) is 4.77. The van der Waals surface area contributed by atoms with Gasteiger partial charge in [-0.2, -0.15) is 5.26 Å². The predicted molar refractivity (Wildman–Crippen MR) is 91.0 cm³/mol. The summed E-state index contributed by atoms with van der Waals surface area (Å²) < 4.78 is 14.2. The van der Waals surface area contributed by atoms with Crippen LogP contribution in [0.25, 0.3) is 10.9 Å². The number of nitriles is 1. The number of rotatable bonds is 2. The topological polar surface area (TPSA) is 77.2 Å². The van der Waals surface area contributed by atoms with Crippen LogP contribution >= 0.6 is 11.6 Å². The molecule has 0 amide bonds. The van der Waals surface area contributed by atoms with Gasteiger partial charge >= 0.3 is 5.97 Å². The molecule has 4 rings (SSSR count). The number of carbonyl (C=O) groups is 1.